The Morgan fingerprint density at radius 3 is 3.12 bits per heavy atom. The largest absolute Gasteiger partial charge is 0.378 e. The molecule has 0 saturated carbocycles. The third-order valence-electron chi connectivity index (χ3n) is 2.58. The third-order valence-corrected chi connectivity index (χ3v) is 3.07. The van der Waals surface area contributed by atoms with Gasteiger partial charge in [-0.3, -0.25) is 4.79 Å². The molecule has 0 radical (unpaired) electrons. The van der Waals surface area contributed by atoms with Gasteiger partial charge in [-0.2, -0.15) is 0 Å². The van der Waals surface area contributed by atoms with Crippen LogP contribution in [-0.2, 0) is 4.74 Å². The van der Waals surface area contributed by atoms with Crippen molar-refractivity contribution in [3.63, 3.8) is 0 Å². The van der Waals surface area contributed by atoms with E-state index in [1.165, 1.54) is 0 Å². The van der Waals surface area contributed by atoms with Crippen molar-refractivity contribution < 1.29 is 9.53 Å². The van der Waals surface area contributed by atoms with Crippen LogP contribution in [0.1, 0.15) is 16.8 Å². The Hall–Kier alpha value is -0.710. The first kappa shape index (κ1) is 11.8. The van der Waals surface area contributed by atoms with Crippen molar-refractivity contribution in [1.82, 2.24) is 5.32 Å². The maximum atomic E-state index is 11.9. The molecule has 86 valence electrons. The summed E-state index contributed by atoms with van der Waals surface area (Å²) < 4.78 is 6.25. The molecule has 4 heteroatoms. The Morgan fingerprint density at radius 1 is 1.56 bits per heavy atom. The molecule has 0 amide bonds. The van der Waals surface area contributed by atoms with Gasteiger partial charge in [-0.1, -0.05) is 28.1 Å². The minimum Gasteiger partial charge on any atom is -0.378 e. The van der Waals surface area contributed by atoms with Crippen molar-refractivity contribution in [3.8, 4) is 0 Å². The smallest absolute Gasteiger partial charge is 0.164 e. The van der Waals surface area contributed by atoms with Gasteiger partial charge in [0, 0.05) is 29.0 Å². The number of carbonyl (C=O) groups is 1. The average molecular weight is 284 g/mol. The highest BCUT2D eigenvalue weighted by molar-refractivity contribution is 9.10. The Labute approximate surface area is 103 Å². The molecule has 1 aliphatic heterocycles. The maximum absolute atomic E-state index is 11.9. The molecule has 3 nitrogen and oxygen atoms in total. The average Bonchev–Trinajstić information content (AvgIpc) is 2.30. The summed E-state index contributed by atoms with van der Waals surface area (Å²) in [5.74, 6) is 0.157. The summed E-state index contributed by atoms with van der Waals surface area (Å²) in [4.78, 5) is 11.9. The van der Waals surface area contributed by atoms with E-state index in [2.05, 4.69) is 21.2 Å². The van der Waals surface area contributed by atoms with Gasteiger partial charge in [0.05, 0.1) is 13.2 Å². The van der Waals surface area contributed by atoms with Crippen LogP contribution in [0.15, 0.2) is 28.7 Å². The monoisotopic (exact) mass is 283 g/mol. The lowest BCUT2D eigenvalue weighted by Gasteiger charge is -2.23. The minimum absolute atomic E-state index is 0.153. The zero-order valence-corrected chi connectivity index (χ0v) is 10.5. The molecule has 1 atom stereocenters. The number of ketones is 1. The Kier molecular flexibility index (Phi) is 4.09. The van der Waals surface area contributed by atoms with Crippen molar-refractivity contribution in [3.05, 3.63) is 34.3 Å². The van der Waals surface area contributed by atoms with E-state index in [4.69, 9.17) is 4.74 Å². The van der Waals surface area contributed by atoms with Gasteiger partial charge in [0.25, 0.3) is 0 Å². The second-order valence-corrected chi connectivity index (χ2v) is 4.78. The van der Waals surface area contributed by atoms with E-state index >= 15 is 0 Å². The molecule has 1 N–H and O–H groups in total. The van der Waals surface area contributed by atoms with Gasteiger partial charge in [-0.15, -0.1) is 0 Å². The first-order valence-corrected chi connectivity index (χ1v) is 6.15. The van der Waals surface area contributed by atoms with Gasteiger partial charge in [0.2, 0.25) is 0 Å². The van der Waals surface area contributed by atoms with E-state index < -0.39 is 0 Å². The molecule has 1 heterocycles. The zero-order chi connectivity index (χ0) is 11.4. The summed E-state index contributed by atoms with van der Waals surface area (Å²) in [6.45, 7) is 2.19. The van der Waals surface area contributed by atoms with Gasteiger partial charge < -0.3 is 10.1 Å². The highest BCUT2D eigenvalue weighted by atomic mass is 79.9. The molecule has 1 fully saturated rings. The third kappa shape index (κ3) is 3.14. The summed E-state index contributed by atoms with van der Waals surface area (Å²) in [6.07, 6.45) is 0.496. The van der Waals surface area contributed by atoms with E-state index in [9.17, 15) is 4.79 Å². The number of nitrogens with one attached hydrogen (secondary N) is 1. The topological polar surface area (TPSA) is 38.3 Å². The van der Waals surface area contributed by atoms with Crippen LogP contribution in [0.5, 0.6) is 0 Å². The van der Waals surface area contributed by atoms with E-state index in [-0.39, 0.29) is 11.8 Å². The summed E-state index contributed by atoms with van der Waals surface area (Å²) in [5, 5.41) is 3.28. The zero-order valence-electron chi connectivity index (χ0n) is 8.91. The van der Waals surface area contributed by atoms with Crippen LogP contribution in [-0.4, -0.2) is 31.6 Å². The van der Waals surface area contributed by atoms with E-state index in [1.54, 1.807) is 0 Å². The quantitative estimate of drug-likeness (QED) is 0.863. The normalized spacial score (nSPS) is 20.7. The van der Waals surface area contributed by atoms with Crippen molar-refractivity contribution in [2.75, 3.05) is 19.8 Å². The number of halogens is 1. The first-order valence-electron chi connectivity index (χ1n) is 5.35. The number of ether oxygens (including phenoxy) is 1. The van der Waals surface area contributed by atoms with Gasteiger partial charge >= 0.3 is 0 Å². The fourth-order valence-electron chi connectivity index (χ4n) is 1.75. The lowest BCUT2D eigenvalue weighted by molar-refractivity contribution is 0.0676. The molecule has 2 rings (SSSR count). The molecule has 1 aromatic carbocycles. The van der Waals surface area contributed by atoms with Crippen LogP contribution in [0.25, 0.3) is 0 Å². The number of morpholine rings is 1. The molecular weight excluding hydrogens is 270 g/mol. The fourth-order valence-corrected chi connectivity index (χ4v) is 2.15. The number of hydrogen-bond donors (Lipinski definition) is 1. The lowest BCUT2D eigenvalue weighted by Crippen LogP contribution is -2.42. The predicted octanol–water partition coefficient (Wildman–Crippen LogP) is 2.01. The molecule has 0 aliphatic carbocycles. The summed E-state index contributed by atoms with van der Waals surface area (Å²) in [5.41, 5.74) is 0.752. The van der Waals surface area contributed by atoms with Crippen molar-refractivity contribution in [2.24, 2.45) is 0 Å². The number of Topliss-reactive ketones (excluding diaryl/α,β-unsaturated/α-hetero) is 1. The highest BCUT2D eigenvalue weighted by Crippen LogP contribution is 2.14. The Morgan fingerprint density at radius 2 is 2.44 bits per heavy atom. The molecule has 0 bridgehead atoms. The standard InChI is InChI=1S/C12H14BrNO2/c13-10-3-1-2-9(6-10)12(15)7-11-8-16-5-4-14-11/h1-3,6,11,14H,4-5,7-8H2. The summed E-state index contributed by atoms with van der Waals surface area (Å²) >= 11 is 3.36. The molecular formula is C12H14BrNO2. The van der Waals surface area contributed by atoms with Gasteiger partial charge in [-0.25, -0.2) is 0 Å². The van der Waals surface area contributed by atoms with Crippen LogP contribution in [0.3, 0.4) is 0 Å². The SMILES string of the molecule is O=C(CC1COCCN1)c1cccc(Br)c1. The van der Waals surface area contributed by atoms with Gasteiger partial charge in [0.1, 0.15) is 0 Å². The van der Waals surface area contributed by atoms with E-state index in [0.29, 0.717) is 13.0 Å². The predicted molar refractivity (Wildman–Crippen MR) is 65.7 cm³/mol. The summed E-state index contributed by atoms with van der Waals surface area (Å²) in [7, 11) is 0. The molecule has 0 spiro atoms. The van der Waals surface area contributed by atoms with Gasteiger partial charge in [-0.05, 0) is 12.1 Å². The Balaban J connectivity index is 1.97. The second kappa shape index (κ2) is 5.57. The molecule has 0 aromatic heterocycles. The van der Waals surface area contributed by atoms with Crippen LogP contribution in [0.2, 0.25) is 0 Å². The fraction of sp³-hybridized carbons (Fsp3) is 0.417. The number of hydrogen-bond acceptors (Lipinski definition) is 3. The van der Waals surface area contributed by atoms with Crippen LogP contribution < -0.4 is 5.32 Å². The lowest BCUT2D eigenvalue weighted by atomic mass is 10.0. The van der Waals surface area contributed by atoms with E-state index in [0.717, 1.165) is 23.2 Å². The van der Waals surface area contributed by atoms with Crippen LogP contribution in [0.4, 0.5) is 0 Å². The van der Waals surface area contributed by atoms with E-state index in [1.807, 2.05) is 24.3 Å². The van der Waals surface area contributed by atoms with Crippen molar-refractivity contribution >= 4 is 21.7 Å². The number of carbonyl (C=O) groups excluding carboxylic acids is 1. The summed E-state index contributed by atoms with van der Waals surface area (Å²) in [6, 6.07) is 7.64. The molecule has 16 heavy (non-hydrogen) atoms. The van der Waals surface area contributed by atoms with Crippen molar-refractivity contribution in [1.29, 1.82) is 0 Å². The molecule has 1 unspecified atom stereocenters. The molecule has 1 aliphatic rings. The van der Waals surface area contributed by atoms with Crippen LogP contribution >= 0.6 is 15.9 Å². The van der Waals surface area contributed by atoms with Crippen LogP contribution in [0, 0.1) is 0 Å². The highest BCUT2D eigenvalue weighted by Gasteiger charge is 2.17. The number of benzene rings is 1. The van der Waals surface area contributed by atoms with Crippen molar-refractivity contribution in [2.45, 2.75) is 12.5 Å². The first-order chi connectivity index (χ1) is 7.75. The number of rotatable bonds is 3. The van der Waals surface area contributed by atoms with Gasteiger partial charge in [0.15, 0.2) is 5.78 Å². The molecule has 1 aromatic rings. The molecule has 1 saturated heterocycles. The second-order valence-electron chi connectivity index (χ2n) is 3.86. The Bertz CT molecular complexity index is 375. The maximum Gasteiger partial charge on any atom is 0.164 e. The minimum atomic E-state index is 0.153.